The summed E-state index contributed by atoms with van der Waals surface area (Å²) in [4.78, 5) is 28.6. The second-order valence-corrected chi connectivity index (χ2v) is 8.76. The number of carbonyl (C=O) groups excluding carboxylic acids is 2. The van der Waals surface area contributed by atoms with E-state index in [0.717, 1.165) is 31.4 Å². The van der Waals surface area contributed by atoms with Gasteiger partial charge in [-0.3, -0.25) is 14.6 Å². The molecule has 39 heavy (non-hydrogen) atoms. The molecule has 4 N–H and O–H groups in total. The number of aliphatic hydroxyl groups is 1. The Morgan fingerprint density at radius 3 is 2.64 bits per heavy atom. The summed E-state index contributed by atoms with van der Waals surface area (Å²) < 4.78 is 41.0. The van der Waals surface area contributed by atoms with Gasteiger partial charge >= 0.3 is 6.36 Å². The lowest BCUT2D eigenvalue weighted by Crippen LogP contribution is -2.19. The van der Waals surface area contributed by atoms with E-state index >= 15 is 0 Å². The van der Waals surface area contributed by atoms with E-state index in [4.69, 9.17) is 5.84 Å². The lowest BCUT2D eigenvalue weighted by Gasteiger charge is -2.10. The molecule has 13 heteroatoms. The number of aryl methyl sites for hydroxylation is 1. The predicted molar refractivity (Wildman–Crippen MR) is 141 cm³/mol. The summed E-state index contributed by atoms with van der Waals surface area (Å²) in [5, 5.41) is 23.3. The monoisotopic (exact) mass is 550 g/mol. The van der Waals surface area contributed by atoms with Crippen molar-refractivity contribution in [3.05, 3.63) is 47.7 Å². The van der Waals surface area contributed by atoms with Crippen LogP contribution >= 0.6 is 0 Å². The molecule has 1 aromatic heterocycles. The van der Waals surface area contributed by atoms with Crippen LogP contribution in [0, 0.1) is 5.92 Å². The van der Waals surface area contributed by atoms with Crippen LogP contribution in [-0.2, 0) is 22.4 Å². The number of rotatable bonds is 16. The van der Waals surface area contributed by atoms with Crippen molar-refractivity contribution in [2.45, 2.75) is 58.2 Å². The van der Waals surface area contributed by atoms with Gasteiger partial charge < -0.3 is 21.0 Å². The predicted octanol–water partition coefficient (Wildman–Crippen LogP) is 3.63. The van der Waals surface area contributed by atoms with Crippen molar-refractivity contribution >= 4 is 29.4 Å². The van der Waals surface area contributed by atoms with E-state index in [9.17, 15) is 27.9 Å². The van der Waals surface area contributed by atoms with Crippen molar-refractivity contribution in [1.82, 2.24) is 10.2 Å². The number of carbonyl (C=O) groups is 2. The average molecular weight is 551 g/mol. The number of nitrogens with two attached hydrogens (primary N) is 1. The number of amides is 1. The molecular formula is C26H33F3N6O4. The van der Waals surface area contributed by atoms with Gasteiger partial charge in [0.25, 0.3) is 0 Å². The smallest absolute Gasteiger partial charge is 0.406 e. The van der Waals surface area contributed by atoms with E-state index in [2.05, 4.69) is 30.3 Å². The third kappa shape index (κ3) is 12.5. The number of halogens is 3. The van der Waals surface area contributed by atoms with Gasteiger partial charge in [0.2, 0.25) is 5.91 Å². The van der Waals surface area contributed by atoms with Crippen LogP contribution in [0.2, 0.25) is 0 Å². The summed E-state index contributed by atoms with van der Waals surface area (Å²) in [5.41, 5.74) is 1.17. The maximum absolute atomic E-state index is 12.4. The molecule has 2 aromatic rings. The highest BCUT2D eigenvalue weighted by Crippen LogP contribution is 2.23. The number of alkyl halides is 3. The molecule has 0 aliphatic carbocycles. The van der Waals surface area contributed by atoms with E-state index in [1.54, 1.807) is 12.1 Å². The number of aromatic nitrogens is 2. The number of benzene rings is 1. The van der Waals surface area contributed by atoms with E-state index in [1.165, 1.54) is 18.3 Å². The molecular weight excluding hydrogens is 517 g/mol. The summed E-state index contributed by atoms with van der Waals surface area (Å²) in [6.45, 7) is 2.46. The number of aliphatic hydroxyl groups excluding tert-OH is 1. The van der Waals surface area contributed by atoms with Gasteiger partial charge in [0.15, 0.2) is 11.6 Å². The fourth-order valence-electron chi connectivity index (χ4n) is 3.51. The molecule has 1 atom stereocenters. The minimum absolute atomic E-state index is 0.0385. The van der Waals surface area contributed by atoms with Gasteiger partial charge in [0, 0.05) is 19.6 Å². The average Bonchev–Trinajstić information content (AvgIpc) is 2.89. The Kier molecular flexibility index (Phi) is 13.0. The van der Waals surface area contributed by atoms with Gasteiger partial charge in [-0.25, -0.2) is 0 Å². The standard InChI is InChI=1S/C26H33F3N6O4/c1-2-18(17-36)9-11-23(37)22(33-30)16-31-13-4-3-7-20-10-12-24(35-34-20)32-25(38)15-19-6-5-8-21(14-19)39-26(27,28)29/h5-6,8,10,12,14,16,18,36H,2-4,7,9,11,13,15,17,30H2,1H3,(H,32,35,38). The highest BCUT2D eigenvalue weighted by Gasteiger charge is 2.31. The molecule has 1 unspecified atom stereocenters. The maximum atomic E-state index is 12.4. The first-order valence-corrected chi connectivity index (χ1v) is 12.5. The molecule has 0 aliphatic heterocycles. The Balaban J connectivity index is 1.72. The van der Waals surface area contributed by atoms with Crippen LogP contribution in [0.15, 0.2) is 46.5 Å². The van der Waals surface area contributed by atoms with Gasteiger partial charge in [-0.1, -0.05) is 25.5 Å². The van der Waals surface area contributed by atoms with Gasteiger partial charge in [0.1, 0.15) is 11.5 Å². The molecule has 0 spiro atoms. The van der Waals surface area contributed by atoms with Crippen LogP contribution in [0.3, 0.4) is 0 Å². The SMILES string of the molecule is CCC(CO)CCC(=O)C(C=NCCCCc1ccc(NC(=O)Cc2cccc(OC(F)(F)F)c2)nn1)=NN. The first kappa shape index (κ1) is 31.3. The van der Waals surface area contributed by atoms with Crippen molar-refractivity contribution in [2.75, 3.05) is 18.5 Å². The van der Waals surface area contributed by atoms with Crippen LogP contribution < -0.4 is 15.9 Å². The number of hydrazone groups is 1. The van der Waals surface area contributed by atoms with Crippen molar-refractivity contribution < 1.29 is 32.6 Å². The highest BCUT2D eigenvalue weighted by atomic mass is 19.4. The zero-order chi connectivity index (χ0) is 28.7. The van der Waals surface area contributed by atoms with Gasteiger partial charge in [-0.15, -0.1) is 18.3 Å². The zero-order valence-electron chi connectivity index (χ0n) is 21.7. The second-order valence-electron chi connectivity index (χ2n) is 8.76. The molecule has 0 saturated carbocycles. The van der Waals surface area contributed by atoms with Crippen molar-refractivity contribution in [1.29, 1.82) is 0 Å². The minimum Gasteiger partial charge on any atom is -0.406 e. The van der Waals surface area contributed by atoms with E-state index in [1.807, 2.05) is 6.92 Å². The first-order valence-electron chi connectivity index (χ1n) is 12.5. The topological polar surface area (TPSA) is 152 Å². The molecule has 0 radical (unpaired) electrons. The molecule has 0 saturated heterocycles. The first-order chi connectivity index (χ1) is 18.6. The number of Topliss-reactive ketones (excluding diaryl/α,β-unsaturated/α-hetero) is 1. The van der Waals surface area contributed by atoms with E-state index in [0.29, 0.717) is 30.6 Å². The molecule has 1 aromatic carbocycles. The Hall–Kier alpha value is -3.87. The highest BCUT2D eigenvalue weighted by molar-refractivity contribution is 6.61. The number of unbranched alkanes of at least 4 members (excludes halogenated alkanes) is 1. The minimum atomic E-state index is -4.81. The number of nitrogens with one attached hydrogen (secondary N) is 1. The number of nitrogens with zero attached hydrogens (tertiary/aromatic N) is 4. The summed E-state index contributed by atoms with van der Waals surface area (Å²) in [5.74, 6) is 4.54. The molecule has 1 heterocycles. The molecule has 2 rings (SSSR count). The van der Waals surface area contributed by atoms with Crippen molar-refractivity contribution in [2.24, 2.45) is 21.9 Å². The number of ether oxygens (including phenoxy) is 1. The lowest BCUT2D eigenvalue weighted by molar-refractivity contribution is -0.274. The molecule has 0 bridgehead atoms. The van der Waals surface area contributed by atoms with Crippen LogP contribution in [0.5, 0.6) is 5.75 Å². The lowest BCUT2D eigenvalue weighted by atomic mass is 9.98. The Labute approximate surface area is 224 Å². The van der Waals surface area contributed by atoms with Crippen LogP contribution in [0.25, 0.3) is 0 Å². The molecule has 0 fully saturated rings. The quantitative estimate of drug-likeness (QED) is 0.125. The van der Waals surface area contributed by atoms with Crippen LogP contribution in [-0.4, -0.2) is 58.4 Å². The Bertz CT molecular complexity index is 1120. The van der Waals surface area contributed by atoms with E-state index in [-0.39, 0.29) is 42.7 Å². The number of aliphatic imine (C=N–C) groups is 1. The fraction of sp³-hybridized carbons (Fsp3) is 0.462. The number of hydrogen-bond acceptors (Lipinski definition) is 9. The maximum Gasteiger partial charge on any atom is 0.573 e. The fourth-order valence-corrected chi connectivity index (χ4v) is 3.51. The third-order valence-electron chi connectivity index (χ3n) is 5.71. The normalized spacial score (nSPS) is 12.9. The van der Waals surface area contributed by atoms with Gasteiger partial charge in [-0.05, 0) is 61.4 Å². The summed E-state index contributed by atoms with van der Waals surface area (Å²) in [7, 11) is 0. The summed E-state index contributed by atoms with van der Waals surface area (Å²) in [6, 6.07) is 8.50. The zero-order valence-corrected chi connectivity index (χ0v) is 21.7. The van der Waals surface area contributed by atoms with Gasteiger partial charge in [0.05, 0.1) is 18.3 Å². The second kappa shape index (κ2) is 16.2. The van der Waals surface area contributed by atoms with Crippen LogP contribution in [0.4, 0.5) is 19.0 Å². The van der Waals surface area contributed by atoms with Crippen molar-refractivity contribution in [3.63, 3.8) is 0 Å². The largest absolute Gasteiger partial charge is 0.573 e. The summed E-state index contributed by atoms with van der Waals surface area (Å²) in [6.07, 6.45) is 0.109. The third-order valence-corrected chi connectivity index (χ3v) is 5.71. The van der Waals surface area contributed by atoms with E-state index < -0.39 is 18.0 Å². The number of ketones is 1. The number of anilines is 1. The summed E-state index contributed by atoms with van der Waals surface area (Å²) >= 11 is 0. The molecule has 0 aliphatic rings. The molecule has 212 valence electrons. The Morgan fingerprint density at radius 2 is 2.00 bits per heavy atom. The van der Waals surface area contributed by atoms with Crippen molar-refractivity contribution in [3.8, 4) is 5.75 Å². The molecule has 10 nitrogen and oxygen atoms in total. The van der Waals surface area contributed by atoms with Gasteiger partial charge in [-0.2, -0.15) is 10.2 Å². The van der Waals surface area contributed by atoms with Crippen LogP contribution in [0.1, 0.15) is 50.3 Å². The number of hydrogen-bond donors (Lipinski definition) is 3. The molecule has 1 amide bonds. The Morgan fingerprint density at radius 1 is 1.21 bits per heavy atom.